The smallest absolute Gasteiger partial charge is 0.190 e. The van der Waals surface area contributed by atoms with Gasteiger partial charge >= 0.3 is 0 Å². The lowest BCUT2D eigenvalue weighted by atomic mass is 10.1. The van der Waals surface area contributed by atoms with Crippen LogP contribution in [-0.4, -0.2) is 17.1 Å². The third kappa shape index (κ3) is 2.59. The molecular weight excluding hydrogens is 370 g/mol. The zero-order valence-electron chi connectivity index (χ0n) is 13.3. The number of aromatic nitrogens is 2. The predicted octanol–water partition coefficient (Wildman–Crippen LogP) is 5.78. The van der Waals surface area contributed by atoms with E-state index in [2.05, 4.69) is 40.6 Å². The number of benzene rings is 2. The SMILES string of the molecule is COc1cccc2sc(Nc3nc4c(s3)CSc3ccccc3-4)nc12. The summed E-state index contributed by atoms with van der Waals surface area (Å²) in [5.41, 5.74) is 3.21. The quantitative estimate of drug-likeness (QED) is 0.486. The van der Waals surface area contributed by atoms with Crippen LogP contribution in [0.15, 0.2) is 47.4 Å². The van der Waals surface area contributed by atoms with E-state index in [-0.39, 0.29) is 0 Å². The Hall–Kier alpha value is -2.09. The third-order valence-corrected chi connectivity index (χ3v) is 7.20. The Morgan fingerprint density at radius 1 is 1.00 bits per heavy atom. The van der Waals surface area contributed by atoms with Crippen molar-refractivity contribution in [1.29, 1.82) is 0 Å². The number of thiazole rings is 2. The number of nitrogens with zero attached hydrogens (tertiary/aromatic N) is 2. The molecule has 0 fully saturated rings. The van der Waals surface area contributed by atoms with E-state index in [1.54, 1.807) is 29.8 Å². The number of hydrogen-bond donors (Lipinski definition) is 1. The van der Waals surface area contributed by atoms with Crippen molar-refractivity contribution in [2.75, 3.05) is 12.4 Å². The normalized spacial score (nSPS) is 12.7. The van der Waals surface area contributed by atoms with Gasteiger partial charge in [-0.2, -0.15) is 0 Å². The van der Waals surface area contributed by atoms with Crippen molar-refractivity contribution in [2.24, 2.45) is 0 Å². The summed E-state index contributed by atoms with van der Waals surface area (Å²) in [7, 11) is 1.67. The molecule has 4 aromatic rings. The summed E-state index contributed by atoms with van der Waals surface area (Å²) in [6, 6.07) is 14.4. The van der Waals surface area contributed by atoms with E-state index in [0.717, 1.165) is 37.7 Å². The first-order valence-electron chi connectivity index (χ1n) is 7.74. The second kappa shape index (κ2) is 6.01. The largest absolute Gasteiger partial charge is 0.494 e. The average Bonchev–Trinajstić information content (AvgIpc) is 3.24. The second-order valence-corrected chi connectivity index (χ2v) is 8.66. The van der Waals surface area contributed by atoms with Gasteiger partial charge in [0, 0.05) is 21.1 Å². The summed E-state index contributed by atoms with van der Waals surface area (Å²) in [6.45, 7) is 0. The molecule has 25 heavy (non-hydrogen) atoms. The van der Waals surface area contributed by atoms with E-state index in [1.165, 1.54) is 15.3 Å². The van der Waals surface area contributed by atoms with Gasteiger partial charge in [0.25, 0.3) is 0 Å². The van der Waals surface area contributed by atoms with Crippen molar-refractivity contribution in [3.8, 4) is 17.0 Å². The second-order valence-electron chi connectivity index (χ2n) is 5.53. The lowest BCUT2D eigenvalue weighted by molar-refractivity contribution is 0.419. The zero-order chi connectivity index (χ0) is 16.8. The van der Waals surface area contributed by atoms with Crippen LogP contribution in [0.3, 0.4) is 0 Å². The Kier molecular flexibility index (Phi) is 3.65. The van der Waals surface area contributed by atoms with Gasteiger partial charge in [0.05, 0.1) is 17.5 Å². The van der Waals surface area contributed by atoms with Gasteiger partial charge < -0.3 is 10.1 Å². The first kappa shape index (κ1) is 15.2. The highest BCUT2D eigenvalue weighted by molar-refractivity contribution is 7.98. The van der Waals surface area contributed by atoms with Crippen LogP contribution in [0.2, 0.25) is 0 Å². The molecule has 124 valence electrons. The van der Waals surface area contributed by atoms with E-state index in [9.17, 15) is 0 Å². The monoisotopic (exact) mass is 383 g/mol. The fraction of sp³-hybridized carbons (Fsp3) is 0.111. The Morgan fingerprint density at radius 2 is 1.88 bits per heavy atom. The molecule has 0 atom stereocenters. The highest BCUT2D eigenvalue weighted by atomic mass is 32.2. The highest BCUT2D eigenvalue weighted by Gasteiger charge is 2.21. The fourth-order valence-corrected chi connectivity index (χ4v) is 5.93. The molecule has 0 unspecified atom stereocenters. The summed E-state index contributed by atoms with van der Waals surface area (Å²) >= 11 is 5.19. The molecule has 0 saturated heterocycles. The standard InChI is InChI=1S/C18H13N3OS3/c1-22-11-6-4-8-13-16(11)20-18(24-13)21-17-19-15-10-5-2-3-7-12(10)23-9-14(15)25-17/h2-8H,9H2,1H3,(H,19,20,21). The number of para-hydroxylation sites is 1. The van der Waals surface area contributed by atoms with Gasteiger partial charge in [-0.3, -0.25) is 0 Å². The summed E-state index contributed by atoms with van der Waals surface area (Å²) < 4.78 is 6.50. The van der Waals surface area contributed by atoms with E-state index in [4.69, 9.17) is 9.72 Å². The minimum absolute atomic E-state index is 0.797. The fourth-order valence-electron chi connectivity index (χ4n) is 2.88. The van der Waals surface area contributed by atoms with E-state index in [1.807, 2.05) is 23.9 Å². The summed E-state index contributed by atoms with van der Waals surface area (Å²) in [5, 5.41) is 5.11. The summed E-state index contributed by atoms with van der Waals surface area (Å²) in [4.78, 5) is 12.1. The topological polar surface area (TPSA) is 47.0 Å². The molecule has 7 heteroatoms. The molecule has 0 spiro atoms. The van der Waals surface area contributed by atoms with Gasteiger partial charge in [0.2, 0.25) is 0 Å². The molecule has 2 aromatic heterocycles. The van der Waals surface area contributed by atoms with Crippen molar-refractivity contribution in [1.82, 2.24) is 9.97 Å². The molecule has 0 amide bonds. The van der Waals surface area contributed by atoms with Crippen LogP contribution in [0.1, 0.15) is 4.88 Å². The van der Waals surface area contributed by atoms with Crippen LogP contribution < -0.4 is 10.1 Å². The molecule has 1 N–H and O–H groups in total. The van der Waals surface area contributed by atoms with Crippen molar-refractivity contribution < 1.29 is 4.74 Å². The maximum absolute atomic E-state index is 5.40. The summed E-state index contributed by atoms with van der Waals surface area (Å²) in [6.07, 6.45) is 0. The maximum atomic E-state index is 5.40. The van der Waals surface area contributed by atoms with Crippen molar-refractivity contribution >= 4 is 54.9 Å². The van der Waals surface area contributed by atoms with E-state index in [0.29, 0.717) is 0 Å². The van der Waals surface area contributed by atoms with E-state index >= 15 is 0 Å². The van der Waals surface area contributed by atoms with Crippen LogP contribution >= 0.6 is 34.4 Å². The Balaban J connectivity index is 1.51. The average molecular weight is 384 g/mol. The van der Waals surface area contributed by atoms with Gasteiger partial charge in [0.1, 0.15) is 11.3 Å². The maximum Gasteiger partial charge on any atom is 0.190 e. The molecule has 1 aliphatic rings. The Bertz CT molecular complexity index is 1090. The minimum Gasteiger partial charge on any atom is -0.494 e. The number of thioether (sulfide) groups is 1. The van der Waals surface area contributed by atoms with Gasteiger partial charge in [-0.1, -0.05) is 35.6 Å². The molecule has 2 aromatic carbocycles. The van der Waals surface area contributed by atoms with Crippen molar-refractivity contribution in [2.45, 2.75) is 10.6 Å². The van der Waals surface area contributed by atoms with Crippen LogP contribution in [0.5, 0.6) is 5.75 Å². The van der Waals surface area contributed by atoms with Gasteiger partial charge in [-0.05, 0) is 18.2 Å². The number of fused-ring (bicyclic) bond motifs is 4. The number of methoxy groups -OCH3 is 1. The number of ether oxygens (including phenoxy) is 1. The van der Waals surface area contributed by atoms with Crippen LogP contribution in [0.4, 0.5) is 10.3 Å². The number of nitrogens with one attached hydrogen (secondary N) is 1. The molecule has 0 saturated carbocycles. The molecular formula is C18H13N3OS3. The van der Waals surface area contributed by atoms with Gasteiger partial charge in [0.15, 0.2) is 10.3 Å². The first-order chi connectivity index (χ1) is 12.3. The predicted molar refractivity (Wildman–Crippen MR) is 107 cm³/mol. The highest BCUT2D eigenvalue weighted by Crippen LogP contribution is 2.45. The zero-order valence-corrected chi connectivity index (χ0v) is 15.7. The number of hydrogen-bond acceptors (Lipinski definition) is 7. The molecule has 0 radical (unpaired) electrons. The molecule has 0 bridgehead atoms. The molecule has 4 nitrogen and oxygen atoms in total. The van der Waals surface area contributed by atoms with Crippen LogP contribution in [0.25, 0.3) is 21.5 Å². The molecule has 3 heterocycles. The minimum atomic E-state index is 0.797. The number of anilines is 2. The Labute approximate surface area is 156 Å². The number of rotatable bonds is 3. The molecule has 1 aliphatic heterocycles. The summed E-state index contributed by atoms with van der Waals surface area (Å²) in [5.74, 6) is 1.77. The lowest BCUT2D eigenvalue weighted by Crippen LogP contribution is -1.93. The lowest BCUT2D eigenvalue weighted by Gasteiger charge is -2.13. The molecule has 0 aliphatic carbocycles. The van der Waals surface area contributed by atoms with Crippen molar-refractivity contribution in [3.63, 3.8) is 0 Å². The van der Waals surface area contributed by atoms with Gasteiger partial charge in [-0.15, -0.1) is 23.1 Å². The van der Waals surface area contributed by atoms with Gasteiger partial charge in [-0.25, -0.2) is 9.97 Å². The first-order valence-corrected chi connectivity index (χ1v) is 10.4. The van der Waals surface area contributed by atoms with Crippen LogP contribution in [0, 0.1) is 0 Å². The molecule has 5 rings (SSSR count). The Morgan fingerprint density at radius 3 is 2.80 bits per heavy atom. The van der Waals surface area contributed by atoms with Crippen LogP contribution in [-0.2, 0) is 5.75 Å². The third-order valence-electron chi connectivity index (χ3n) is 4.01. The van der Waals surface area contributed by atoms with E-state index < -0.39 is 0 Å². The van der Waals surface area contributed by atoms with Crippen molar-refractivity contribution in [3.05, 3.63) is 47.3 Å².